The third-order valence-electron chi connectivity index (χ3n) is 3.13. The van der Waals surface area contributed by atoms with Gasteiger partial charge in [0.1, 0.15) is 5.15 Å². The fourth-order valence-electron chi connectivity index (χ4n) is 1.79. The first-order chi connectivity index (χ1) is 7.99. The third kappa shape index (κ3) is 2.90. The number of carbonyl (C=O) groups excluding carboxylic acids is 1. The van der Waals surface area contributed by atoms with Crippen molar-refractivity contribution in [3.8, 4) is 0 Å². The van der Waals surface area contributed by atoms with Crippen molar-refractivity contribution >= 4 is 34.8 Å². The number of anilines is 1. The van der Waals surface area contributed by atoms with Gasteiger partial charge in [-0.05, 0) is 37.3 Å². The molecule has 2 rings (SSSR count). The largest absolute Gasteiger partial charge is 0.323 e. The summed E-state index contributed by atoms with van der Waals surface area (Å²) >= 11 is 11.7. The predicted molar refractivity (Wildman–Crippen MR) is 69.5 cm³/mol. The van der Waals surface area contributed by atoms with Crippen LogP contribution in [0.5, 0.6) is 0 Å². The van der Waals surface area contributed by atoms with E-state index in [1.807, 2.05) is 13.8 Å². The molecule has 1 atom stereocenters. The van der Waals surface area contributed by atoms with Crippen LogP contribution < -0.4 is 5.32 Å². The smallest absolute Gasteiger partial charge is 0.227 e. The maximum absolute atomic E-state index is 12.0. The number of nitrogens with zero attached hydrogens (tertiary/aromatic N) is 1. The van der Waals surface area contributed by atoms with Crippen LogP contribution in [0, 0.1) is 18.8 Å². The number of aromatic nitrogens is 1. The van der Waals surface area contributed by atoms with Gasteiger partial charge < -0.3 is 5.32 Å². The summed E-state index contributed by atoms with van der Waals surface area (Å²) in [5, 5.41) is 3.41. The van der Waals surface area contributed by atoms with Crippen LogP contribution >= 0.6 is 23.2 Å². The highest BCUT2D eigenvalue weighted by Gasteiger charge is 2.32. The molecule has 0 bridgehead atoms. The van der Waals surface area contributed by atoms with Crippen LogP contribution in [0.15, 0.2) is 6.07 Å². The van der Waals surface area contributed by atoms with E-state index in [-0.39, 0.29) is 17.0 Å². The fourth-order valence-corrected chi connectivity index (χ4v) is 2.37. The highest BCUT2D eigenvalue weighted by atomic mass is 35.5. The Morgan fingerprint density at radius 2 is 2.18 bits per heavy atom. The summed E-state index contributed by atoms with van der Waals surface area (Å²) in [6.07, 6.45) is 2.28. The molecule has 1 unspecified atom stereocenters. The first kappa shape index (κ1) is 12.7. The lowest BCUT2D eigenvalue weighted by Crippen LogP contribution is -2.22. The molecule has 1 N–H and O–H groups in total. The van der Waals surface area contributed by atoms with Gasteiger partial charge in [-0.2, -0.15) is 0 Å². The van der Waals surface area contributed by atoms with E-state index in [0.29, 0.717) is 16.8 Å². The number of nitrogens with one attached hydrogen (secondary N) is 1. The highest BCUT2D eigenvalue weighted by molar-refractivity contribution is 6.34. The summed E-state index contributed by atoms with van der Waals surface area (Å²) in [6.45, 7) is 3.79. The average molecular weight is 273 g/mol. The summed E-state index contributed by atoms with van der Waals surface area (Å²) < 4.78 is 0. The van der Waals surface area contributed by atoms with Crippen LogP contribution in [0.3, 0.4) is 0 Å². The first-order valence-corrected chi connectivity index (χ1v) is 6.38. The number of aryl methyl sites for hydroxylation is 1. The lowest BCUT2D eigenvalue weighted by atomic mass is 10.1. The van der Waals surface area contributed by atoms with E-state index in [9.17, 15) is 4.79 Å². The number of hydrogen-bond donors (Lipinski definition) is 1. The van der Waals surface area contributed by atoms with Gasteiger partial charge in [0, 0.05) is 5.92 Å². The second kappa shape index (κ2) is 4.83. The van der Waals surface area contributed by atoms with Crippen LogP contribution in [-0.4, -0.2) is 10.9 Å². The summed E-state index contributed by atoms with van der Waals surface area (Å²) in [6, 6.07) is 1.69. The van der Waals surface area contributed by atoms with Crippen molar-refractivity contribution in [1.29, 1.82) is 0 Å². The summed E-state index contributed by atoms with van der Waals surface area (Å²) in [7, 11) is 0. The number of hydrogen-bond acceptors (Lipinski definition) is 2. The van der Waals surface area contributed by atoms with Crippen molar-refractivity contribution in [3.05, 3.63) is 21.9 Å². The molecule has 1 aliphatic carbocycles. The Bertz CT molecular complexity index is 435. The molecule has 1 aliphatic rings. The molecule has 1 fully saturated rings. The van der Waals surface area contributed by atoms with Gasteiger partial charge in [-0.15, -0.1) is 0 Å². The molecule has 1 aromatic rings. The Hall–Kier alpha value is -0.800. The molecule has 1 amide bonds. The Balaban J connectivity index is 2.15. The Morgan fingerprint density at radius 3 is 2.71 bits per heavy atom. The number of halogens is 2. The molecule has 92 valence electrons. The molecule has 0 aliphatic heterocycles. The van der Waals surface area contributed by atoms with Crippen molar-refractivity contribution < 1.29 is 4.79 Å². The van der Waals surface area contributed by atoms with Gasteiger partial charge in [-0.25, -0.2) is 4.98 Å². The van der Waals surface area contributed by atoms with Gasteiger partial charge >= 0.3 is 0 Å². The van der Waals surface area contributed by atoms with Crippen molar-refractivity contribution in [2.45, 2.75) is 26.7 Å². The number of pyridine rings is 1. The van der Waals surface area contributed by atoms with E-state index in [0.717, 1.165) is 18.4 Å². The van der Waals surface area contributed by atoms with Gasteiger partial charge in [-0.3, -0.25) is 4.79 Å². The quantitative estimate of drug-likeness (QED) is 0.853. The van der Waals surface area contributed by atoms with Gasteiger partial charge in [0.2, 0.25) is 5.91 Å². The minimum Gasteiger partial charge on any atom is -0.323 e. The molecule has 1 aromatic heterocycles. The number of amides is 1. The zero-order valence-electron chi connectivity index (χ0n) is 9.76. The summed E-state index contributed by atoms with van der Waals surface area (Å²) in [4.78, 5) is 15.9. The topological polar surface area (TPSA) is 42.0 Å². The second-order valence-corrected chi connectivity index (χ2v) is 5.29. The molecular weight excluding hydrogens is 259 g/mol. The molecule has 5 heteroatoms. The molecule has 17 heavy (non-hydrogen) atoms. The van der Waals surface area contributed by atoms with Crippen molar-refractivity contribution in [2.24, 2.45) is 11.8 Å². The van der Waals surface area contributed by atoms with Crippen LogP contribution in [0.1, 0.15) is 25.3 Å². The van der Waals surface area contributed by atoms with E-state index >= 15 is 0 Å². The molecule has 0 spiro atoms. The first-order valence-electron chi connectivity index (χ1n) is 5.62. The number of rotatable bonds is 3. The van der Waals surface area contributed by atoms with E-state index in [1.165, 1.54) is 0 Å². The zero-order valence-corrected chi connectivity index (χ0v) is 11.3. The Kier molecular flexibility index (Phi) is 3.59. The van der Waals surface area contributed by atoms with Crippen LogP contribution in [0.2, 0.25) is 10.3 Å². The molecular formula is C12H14Cl2N2O. The van der Waals surface area contributed by atoms with E-state index in [2.05, 4.69) is 10.3 Å². The molecule has 0 saturated heterocycles. The average Bonchev–Trinajstić information content (AvgIpc) is 3.05. The minimum atomic E-state index is 0.00150. The normalized spacial score (nSPS) is 16.7. The standard InChI is InChI=1S/C12H14Cl2N2O/c1-6-5-9(13)15-11(14)10(6)16-12(17)7(2)8-3-4-8/h5,7-8H,3-4H2,1-2H3,(H,16,17). The van der Waals surface area contributed by atoms with E-state index < -0.39 is 0 Å². The third-order valence-corrected chi connectivity index (χ3v) is 3.60. The van der Waals surface area contributed by atoms with E-state index in [1.54, 1.807) is 6.07 Å². The van der Waals surface area contributed by atoms with Gasteiger partial charge in [-0.1, -0.05) is 30.1 Å². The second-order valence-electron chi connectivity index (χ2n) is 4.54. The molecule has 0 radical (unpaired) electrons. The lowest BCUT2D eigenvalue weighted by molar-refractivity contribution is -0.119. The zero-order chi connectivity index (χ0) is 12.6. The van der Waals surface area contributed by atoms with Crippen LogP contribution in [-0.2, 0) is 4.79 Å². The van der Waals surface area contributed by atoms with Crippen molar-refractivity contribution in [2.75, 3.05) is 5.32 Å². The minimum absolute atomic E-state index is 0.00150. The van der Waals surface area contributed by atoms with Crippen molar-refractivity contribution in [1.82, 2.24) is 4.98 Å². The monoisotopic (exact) mass is 272 g/mol. The lowest BCUT2D eigenvalue weighted by Gasteiger charge is -2.14. The summed E-state index contributed by atoms with van der Waals surface area (Å²) in [5.74, 6) is 0.553. The van der Waals surface area contributed by atoms with Gasteiger partial charge in [0.25, 0.3) is 0 Å². The SMILES string of the molecule is Cc1cc(Cl)nc(Cl)c1NC(=O)C(C)C1CC1. The summed E-state index contributed by atoms with van der Waals surface area (Å²) in [5.41, 5.74) is 1.39. The van der Waals surface area contributed by atoms with E-state index in [4.69, 9.17) is 23.2 Å². The van der Waals surface area contributed by atoms with Crippen LogP contribution in [0.4, 0.5) is 5.69 Å². The maximum Gasteiger partial charge on any atom is 0.227 e. The Morgan fingerprint density at radius 1 is 1.53 bits per heavy atom. The highest BCUT2D eigenvalue weighted by Crippen LogP contribution is 2.37. The van der Waals surface area contributed by atoms with Gasteiger partial charge in [0.15, 0.2) is 5.15 Å². The van der Waals surface area contributed by atoms with Crippen molar-refractivity contribution in [3.63, 3.8) is 0 Å². The molecule has 3 nitrogen and oxygen atoms in total. The Labute approximate surface area is 111 Å². The fraction of sp³-hybridized carbons (Fsp3) is 0.500. The number of carbonyl (C=O) groups is 1. The predicted octanol–water partition coefficient (Wildman–Crippen LogP) is 3.68. The molecule has 1 heterocycles. The molecule has 0 aromatic carbocycles. The van der Waals surface area contributed by atoms with Gasteiger partial charge in [0.05, 0.1) is 5.69 Å². The molecule has 1 saturated carbocycles. The van der Waals surface area contributed by atoms with Crippen LogP contribution in [0.25, 0.3) is 0 Å². The maximum atomic E-state index is 12.0.